The number of carbonyl (C=O) groups is 1. The van der Waals surface area contributed by atoms with Crippen LogP contribution in [0.1, 0.15) is 11.1 Å². The fourth-order valence-corrected chi connectivity index (χ4v) is 4.85. The van der Waals surface area contributed by atoms with Gasteiger partial charge < -0.3 is 9.47 Å². The number of hydrogen-bond acceptors (Lipinski definition) is 6. The third-order valence-corrected chi connectivity index (χ3v) is 6.99. The molecule has 0 radical (unpaired) electrons. The first-order valence-corrected chi connectivity index (χ1v) is 12.7. The van der Waals surface area contributed by atoms with Crippen molar-refractivity contribution in [1.82, 2.24) is 4.98 Å². The maximum atomic E-state index is 14.8. The highest BCUT2D eigenvalue weighted by atomic mass is 32.2. The molecule has 0 atom stereocenters. The van der Waals surface area contributed by atoms with E-state index in [-0.39, 0.29) is 40.7 Å². The van der Waals surface area contributed by atoms with E-state index in [1.54, 1.807) is 0 Å². The molecule has 2 heterocycles. The number of rotatable bonds is 6. The maximum Gasteiger partial charge on any atom is 0.329 e. The molecule has 0 unspecified atom stereocenters. The standard InChI is InChI=1S/C24H21F4N3O5S/c1-35-19-10-17(26)15(21(27)22(19)28)12-31-18-6-4-5-16(25)14(18)7-8-30(24(31)32)13-9-20(37(3,33)34)23(36-2)29-11-13/h4-6,9-11H,7-8,12H2,1-3H3. The van der Waals surface area contributed by atoms with E-state index in [4.69, 9.17) is 4.74 Å². The largest absolute Gasteiger partial charge is 0.493 e. The van der Waals surface area contributed by atoms with Gasteiger partial charge in [0.2, 0.25) is 11.7 Å². The molecule has 1 aromatic heterocycles. The Labute approximate surface area is 210 Å². The molecule has 0 saturated carbocycles. The van der Waals surface area contributed by atoms with Gasteiger partial charge in [-0.3, -0.25) is 9.80 Å². The van der Waals surface area contributed by atoms with Crippen molar-refractivity contribution in [2.24, 2.45) is 0 Å². The summed E-state index contributed by atoms with van der Waals surface area (Å²) in [5, 5.41) is 0. The van der Waals surface area contributed by atoms with Crippen LogP contribution in [0.5, 0.6) is 11.6 Å². The molecule has 196 valence electrons. The van der Waals surface area contributed by atoms with Gasteiger partial charge in [0, 0.05) is 30.0 Å². The van der Waals surface area contributed by atoms with Crippen molar-refractivity contribution in [1.29, 1.82) is 0 Å². The molecular formula is C24H21F4N3O5S. The summed E-state index contributed by atoms with van der Waals surface area (Å²) in [4.78, 5) is 19.4. The summed E-state index contributed by atoms with van der Waals surface area (Å²) in [5.41, 5.74) is -0.662. The predicted molar refractivity (Wildman–Crippen MR) is 126 cm³/mol. The minimum absolute atomic E-state index is 0.0197. The van der Waals surface area contributed by atoms with E-state index >= 15 is 0 Å². The number of methoxy groups -OCH3 is 2. The Hall–Kier alpha value is -3.87. The second-order valence-electron chi connectivity index (χ2n) is 8.15. The minimum Gasteiger partial charge on any atom is -0.493 e. The van der Waals surface area contributed by atoms with Crippen molar-refractivity contribution >= 4 is 27.2 Å². The summed E-state index contributed by atoms with van der Waals surface area (Å²) < 4.78 is 93.0. The molecule has 0 fully saturated rings. The van der Waals surface area contributed by atoms with Crippen LogP contribution in [0.3, 0.4) is 0 Å². The smallest absolute Gasteiger partial charge is 0.329 e. The van der Waals surface area contributed by atoms with Crippen molar-refractivity contribution in [2.45, 2.75) is 17.9 Å². The number of hydrogen-bond donors (Lipinski definition) is 0. The number of fused-ring (bicyclic) bond motifs is 1. The van der Waals surface area contributed by atoms with Crippen LogP contribution in [0.4, 0.5) is 33.7 Å². The summed E-state index contributed by atoms with van der Waals surface area (Å²) in [6.45, 7) is -0.921. The topological polar surface area (TPSA) is 89.0 Å². The zero-order valence-corrected chi connectivity index (χ0v) is 20.7. The van der Waals surface area contributed by atoms with Crippen molar-refractivity contribution in [3.63, 3.8) is 0 Å². The van der Waals surface area contributed by atoms with Crippen LogP contribution < -0.4 is 19.3 Å². The number of benzene rings is 2. The fraction of sp³-hybridized carbons (Fsp3) is 0.250. The van der Waals surface area contributed by atoms with Crippen LogP contribution >= 0.6 is 0 Å². The van der Waals surface area contributed by atoms with E-state index in [9.17, 15) is 30.8 Å². The van der Waals surface area contributed by atoms with Crippen molar-refractivity contribution in [2.75, 3.05) is 36.8 Å². The predicted octanol–water partition coefficient (Wildman–Crippen LogP) is 4.25. The summed E-state index contributed by atoms with van der Waals surface area (Å²) in [6.07, 6.45) is 2.10. The Morgan fingerprint density at radius 1 is 1.03 bits per heavy atom. The molecule has 0 saturated heterocycles. The third-order valence-electron chi connectivity index (χ3n) is 5.90. The van der Waals surface area contributed by atoms with E-state index < -0.39 is 57.0 Å². The molecule has 37 heavy (non-hydrogen) atoms. The highest BCUT2D eigenvalue weighted by molar-refractivity contribution is 7.90. The zero-order chi connectivity index (χ0) is 27.1. The number of aromatic nitrogens is 1. The van der Waals surface area contributed by atoms with Gasteiger partial charge in [-0.05, 0) is 24.6 Å². The van der Waals surface area contributed by atoms with Crippen molar-refractivity contribution in [3.05, 3.63) is 70.9 Å². The molecule has 2 aromatic carbocycles. The number of halogens is 4. The molecule has 3 aromatic rings. The third kappa shape index (κ3) is 4.78. The first-order chi connectivity index (χ1) is 17.5. The zero-order valence-electron chi connectivity index (χ0n) is 19.9. The number of amides is 2. The Morgan fingerprint density at radius 2 is 1.76 bits per heavy atom. The van der Waals surface area contributed by atoms with Crippen LogP contribution in [0.15, 0.2) is 41.4 Å². The average Bonchev–Trinajstić information content (AvgIpc) is 3.00. The van der Waals surface area contributed by atoms with E-state index in [0.29, 0.717) is 6.07 Å². The van der Waals surface area contributed by atoms with Gasteiger partial charge in [-0.25, -0.2) is 31.4 Å². The molecule has 1 aliphatic heterocycles. The van der Waals surface area contributed by atoms with Gasteiger partial charge in [-0.2, -0.15) is 4.39 Å². The normalized spacial score (nSPS) is 13.9. The molecule has 0 aliphatic carbocycles. The number of sulfone groups is 1. The lowest BCUT2D eigenvalue weighted by Crippen LogP contribution is -2.43. The Kier molecular flexibility index (Phi) is 7.00. The van der Waals surface area contributed by atoms with Gasteiger partial charge in [0.15, 0.2) is 21.4 Å². The lowest BCUT2D eigenvalue weighted by molar-refractivity contribution is 0.251. The van der Waals surface area contributed by atoms with Gasteiger partial charge >= 0.3 is 6.03 Å². The summed E-state index contributed by atoms with van der Waals surface area (Å²) >= 11 is 0. The highest BCUT2D eigenvalue weighted by Gasteiger charge is 2.33. The Morgan fingerprint density at radius 3 is 2.41 bits per heavy atom. The van der Waals surface area contributed by atoms with Crippen molar-refractivity contribution < 1.29 is 40.2 Å². The van der Waals surface area contributed by atoms with Gasteiger partial charge in [0.1, 0.15) is 16.5 Å². The number of pyridine rings is 1. The fourth-order valence-electron chi connectivity index (χ4n) is 4.06. The van der Waals surface area contributed by atoms with Crippen LogP contribution in [0, 0.1) is 23.3 Å². The van der Waals surface area contributed by atoms with E-state index in [1.165, 1.54) is 31.5 Å². The molecule has 4 rings (SSSR count). The summed E-state index contributed by atoms with van der Waals surface area (Å²) in [5.74, 6) is -5.71. The van der Waals surface area contributed by atoms with Gasteiger partial charge in [-0.1, -0.05) is 6.07 Å². The van der Waals surface area contributed by atoms with Gasteiger partial charge in [-0.15, -0.1) is 0 Å². The number of nitrogens with zero attached hydrogens (tertiary/aromatic N) is 3. The molecule has 8 nitrogen and oxygen atoms in total. The molecular weight excluding hydrogens is 518 g/mol. The first-order valence-electron chi connectivity index (χ1n) is 10.8. The number of carbonyl (C=O) groups excluding carboxylic acids is 1. The van der Waals surface area contributed by atoms with Crippen LogP contribution in [-0.2, 0) is 22.8 Å². The Balaban J connectivity index is 1.86. The molecule has 1 aliphatic rings. The molecule has 13 heteroatoms. The lowest BCUT2D eigenvalue weighted by Gasteiger charge is -2.29. The SMILES string of the molecule is COc1cc(F)c(CN2C(=O)N(c3cnc(OC)c(S(C)(=O)=O)c3)CCc3c(F)cccc32)c(F)c1F. The molecule has 0 spiro atoms. The number of urea groups is 1. The van der Waals surface area contributed by atoms with Crippen LogP contribution in [0.25, 0.3) is 0 Å². The quantitative estimate of drug-likeness (QED) is 0.344. The second kappa shape index (κ2) is 9.88. The highest BCUT2D eigenvalue weighted by Crippen LogP contribution is 2.35. The number of anilines is 2. The van der Waals surface area contributed by atoms with Gasteiger partial charge in [0.05, 0.1) is 38.3 Å². The maximum absolute atomic E-state index is 14.8. The first kappa shape index (κ1) is 26.2. The summed E-state index contributed by atoms with van der Waals surface area (Å²) in [6, 6.07) is 4.82. The molecule has 2 amide bonds. The van der Waals surface area contributed by atoms with Crippen molar-refractivity contribution in [3.8, 4) is 11.6 Å². The molecule has 0 N–H and O–H groups in total. The van der Waals surface area contributed by atoms with E-state index in [0.717, 1.165) is 29.2 Å². The lowest BCUT2D eigenvalue weighted by atomic mass is 10.1. The minimum atomic E-state index is -3.83. The molecule has 0 bridgehead atoms. The van der Waals surface area contributed by atoms with E-state index in [2.05, 4.69) is 9.72 Å². The van der Waals surface area contributed by atoms with Gasteiger partial charge in [0.25, 0.3) is 0 Å². The summed E-state index contributed by atoms with van der Waals surface area (Å²) in [7, 11) is -1.56. The second-order valence-corrected chi connectivity index (χ2v) is 10.1. The Bertz CT molecular complexity index is 1500. The van der Waals surface area contributed by atoms with Crippen LogP contribution in [0.2, 0.25) is 0 Å². The average molecular weight is 540 g/mol. The van der Waals surface area contributed by atoms with E-state index in [1.807, 2.05) is 0 Å². The number of ether oxygens (including phenoxy) is 2. The monoisotopic (exact) mass is 539 g/mol. The van der Waals surface area contributed by atoms with Crippen LogP contribution in [-0.4, -0.2) is 46.5 Å².